The van der Waals surface area contributed by atoms with Crippen molar-refractivity contribution in [1.82, 2.24) is 24.6 Å². The zero-order valence-electron chi connectivity index (χ0n) is 15.0. The summed E-state index contributed by atoms with van der Waals surface area (Å²) in [5, 5.41) is 3.69. The van der Waals surface area contributed by atoms with Gasteiger partial charge < -0.3 is 9.42 Å². The first-order valence-electron chi connectivity index (χ1n) is 8.81. The standard InChI is InChI=1S/C19H19N5O3/c1-13-21-18(27-22-13)16-10-20-12-24(19(16)26)9-7-17(25)23-8-6-14-4-2-3-5-15(14)11-23/h2-5,10,12H,6-9,11H2,1H3. The van der Waals surface area contributed by atoms with Gasteiger partial charge in [-0.2, -0.15) is 4.98 Å². The van der Waals surface area contributed by atoms with Crippen molar-refractivity contribution in [2.45, 2.75) is 32.9 Å². The number of hydrogen-bond donors (Lipinski definition) is 0. The summed E-state index contributed by atoms with van der Waals surface area (Å²) in [5.41, 5.74) is 2.41. The highest BCUT2D eigenvalue weighted by Gasteiger charge is 2.20. The number of fused-ring (bicyclic) bond motifs is 1. The van der Waals surface area contributed by atoms with Crippen LogP contribution in [0.1, 0.15) is 23.4 Å². The van der Waals surface area contributed by atoms with E-state index in [1.165, 1.54) is 28.2 Å². The Hall–Kier alpha value is -3.29. The van der Waals surface area contributed by atoms with Crippen molar-refractivity contribution in [2.24, 2.45) is 0 Å². The lowest BCUT2D eigenvalue weighted by Crippen LogP contribution is -2.37. The number of carbonyl (C=O) groups is 1. The van der Waals surface area contributed by atoms with Crippen molar-refractivity contribution >= 4 is 5.91 Å². The second-order valence-electron chi connectivity index (χ2n) is 6.54. The third kappa shape index (κ3) is 3.51. The van der Waals surface area contributed by atoms with E-state index in [0.717, 1.165) is 6.42 Å². The van der Waals surface area contributed by atoms with Crippen LogP contribution in [0.25, 0.3) is 11.5 Å². The van der Waals surface area contributed by atoms with Gasteiger partial charge in [0, 0.05) is 32.3 Å². The Labute approximate surface area is 155 Å². The van der Waals surface area contributed by atoms with Gasteiger partial charge in [0.05, 0.1) is 6.33 Å². The van der Waals surface area contributed by atoms with Crippen LogP contribution in [0.5, 0.6) is 0 Å². The summed E-state index contributed by atoms with van der Waals surface area (Å²) in [6.45, 7) is 3.24. The molecule has 1 amide bonds. The quantitative estimate of drug-likeness (QED) is 0.697. The molecule has 8 heteroatoms. The lowest BCUT2D eigenvalue weighted by molar-refractivity contribution is -0.132. The van der Waals surface area contributed by atoms with Crippen LogP contribution in [0.2, 0.25) is 0 Å². The third-order valence-corrected chi connectivity index (χ3v) is 4.71. The minimum Gasteiger partial charge on any atom is -0.338 e. The molecule has 27 heavy (non-hydrogen) atoms. The second kappa shape index (κ2) is 7.14. The predicted octanol–water partition coefficient (Wildman–Crippen LogP) is 1.58. The van der Waals surface area contributed by atoms with Crippen molar-refractivity contribution in [3.63, 3.8) is 0 Å². The molecule has 0 bridgehead atoms. The Kier molecular flexibility index (Phi) is 4.53. The monoisotopic (exact) mass is 365 g/mol. The molecule has 0 saturated carbocycles. The maximum Gasteiger partial charge on any atom is 0.266 e. The van der Waals surface area contributed by atoms with E-state index in [2.05, 4.69) is 27.3 Å². The highest BCUT2D eigenvalue weighted by Crippen LogP contribution is 2.19. The zero-order valence-corrected chi connectivity index (χ0v) is 15.0. The number of hydrogen-bond acceptors (Lipinski definition) is 6. The van der Waals surface area contributed by atoms with E-state index < -0.39 is 0 Å². The fraction of sp³-hybridized carbons (Fsp3) is 0.316. The van der Waals surface area contributed by atoms with Crippen molar-refractivity contribution in [3.05, 3.63) is 64.1 Å². The van der Waals surface area contributed by atoms with E-state index in [-0.39, 0.29) is 35.9 Å². The summed E-state index contributed by atoms with van der Waals surface area (Å²) in [5.74, 6) is 0.606. The van der Waals surface area contributed by atoms with E-state index in [1.54, 1.807) is 6.92 Å². The lowest BCUT2D eigenvalue weighted by Gasteiger charge is -2.29. The topological polar surface area (TPSA) is 94.1 Å². The van der Waals surface area contributed by atoms with Crippen LogP contribution in [0.3, 0.4) is 0 Å². The Balaban J connectivity index is 1.45. The maximum atomic E-state index is 12.6. The fourth-order valence-electron chi connectivity index (χ4n) is 3.25. The molecule has 0 spiro atoms. The summed E-state index contributed by atoms with van der Waals surface area (Å²) in [4.78, 5) is 35.2. The number of aromatic nitrogens is 4. The highest BCUT2D eigenvalue weighted by molar-refractivity contribution is 5.76. The van der Waals surface area contributed by atoms with E-state index in [1.807, 2.05) is 17.0 Å². The van der Waals surface area contributed by atoms with Gasteiger partial charge in [0.2, 0.25) is 5.91 Å². The first-order chi connectivity index (χ1) is 13.1. The number of carbonyl (C=O) groups excluding carboxylic acids is 1. The van der Waals surface area contributed by atoms with Gasteiger partial charge in [-0.1, -0.05) is 29.4 Å². The molecule has 1 aliphatic heterocycles. The van der Waals surface area contributed by atoms with Gasteiger partial charge in [0.25, 0.3) is 11.4 Å². The molecule has 8 nitrogen and oxygen atoms in total. The van der Waals surface area contributed by atoms with Gasteiger partial charge in [-0.3, -0.25) is 14.2 Å². The maximum absolute atomic E-state index is 12.6. The molecule has 1 aromatic carbocycles. The van der Waals surface area contributed by atoms with Crippen molar-refractivity contribution < 1.29 is 9.32 Å². The van der Waals surface area contributed by atoms with E-state index >= 15 is 0 Å². The molecule has 0 radical (unpaired) electrons. The molecule has 3 heterocycles. The molecule has 0 saturated heterocycles. The van der Waals surface area contributed by atoms with Gasteiger partial charge in [0.1, 0.15) is 5.56 Å². The van der Waals surface area contributed by atoms with E-state index in [4.69, 9.17) is 4.52 Å². The molecule has 0 unspecified atom stereocenters. The van der Waals surface area contributed by atoms with Crippen LogP contribution >= 0.6 is 0 Å². The van der Waals surface area contributed by atoms with E-state index in [9.17, 15) is 9.59 Å². The molecule has 3 aromatic rings. The van der Waals surface area contributed by atoms with Crippen molar-refractivity contribution in [3.8, 4) is 11.5 Å². The molecule has 2 aromatic heterocycles. The molecule has 138 valence electrons. The van der Waals surface area contributed by atoms with E-state index in [0.29, 0.717) is 18.9 Å². The van der Waals surface area contributed by atoms with Crippen LogP contribution in [0.4, 0.5) is 0 Å². The first-order valence-corrected chi connectivity index (χ1v) is 8.81. The normalized spacial score (nSPS) is 13.4. The van der Waals surface area contributed by atoms with Crippen molar-refractivity contribution in [2.75, 3.05) is 6.54 Å². The van der Waals surface area contributed by atoms with Gasteiger partial charge in [0.15, 0.2) is 5.82 Å². The largest absolute Gasteiger partial charge is 0.338 e. The SMILES string of the molecule is Cc1noc(-c2cncn(CCC(=O)N3CCc4ccccc4C3)c2=O)n1. The van der Waals surface area contributed by atoms with Gasteiger partial charge in [-0.05, 0) is 24.5 Å². The number of benzene rings is 1. The van der Waals surface area contributed by atoms with Gasteiger partial charge in [-0.25, -0.2) is 4.98 Å². The average molecular weight is 365 g/mol. The minimum atomic E-state index is -0.301. The van der Waals surface area contributed by atoms with Gasteiger partial charge in [-0.15, -0.1) is 0 Å². The average Bonchev–Trinajstić information content (AvgIpc) is 3.12. The summed E-state index contributed by atoms with van der Waals surface area (Å²) in [6.07, 6.45) is 3.91. The number of rotatable bonds is 4. The summed E-state index contributed by atoms with van der Waals surface area (Å²) < 4.78 is 6.46. The molecule has 0 N–H and O–H groups in total. The van der Waals surface area contributed by atoms with Crippen LogP contribution in [-0.2, 0) is 24.3 Å². The molecular weight excluding hydrogens is 346 g/mol. The second-order valence-corrected chi connectivity index (χ2v) is 6.54. The zero-order chi connectivity index (χ0) is 18.8. The van der Waals surface area contributed by atoms with Crippen LogP contribution in [0, 0.1) is 6.92 Å². The molecule has 1 aliphatic rings. The summed E-state index contributed by atoms with van der Waals surface area (Å²) in [7, 11) is 0. The summed E-state index contributed by atoms with van der Waals surface area (Å²) >= 11 is 0. The predicted molar refractivity (Wildman–Crippen MR) is 96.7 cm³/mol. The molecular formula is C19H19N5O3. The highest BCUT2D eigenvalue weighted by atomic mass is 16.5. The third-order valence-electron chi connectivity index (χ3n) is 4.71. The molecule has 0 fully saturated rings. The Bertz CT molecular complexity index is 1040. The summed E-state index contributed by atoms with van der Waals surface area (Å²) in [6, 6.07) is 8.17. The molecule has 0 aliphatic carbocycles. The smallest absolute Gasteiger partial charge is 0.266 e. The minimum absolute atomic E-state index is 0.0236. The number of amides is 1. The Morgan fingerprint density at radius 1 is 1.26 bits per heavy atom. The van der Waals surface area contributed by atoms with Gasteiger partial charge >= 0.3 is 0 Å². The molecule has 4 rings (SSSR count). The van der Waals surface area contributed by atoms with Crippen LogP contribution in [0.15, 0.2) is 46.1 Å². The first kappa shape index (κ1) is 17.1. The fourth-order valence-corrected chi connectivity index (χ4v) is 3.25. The number of nitrogens with zero attached hydrogens (tertiary/aromatic N) is 5. The van der Waals surface area contributed by atoms with Crippen LogP contribution in [-0.4, -0.2) is 37.0 Å². The Morgan fingerprint density at radius 2 is 2.07 bits per heavy atom. The van der Waals surface area contributed by atoms with Crippen LogP contribution < -0.4 is 5.56 Å². The van der Waals surface area contributed by atoms with Crippen molar-refractivity contribution in [1.29, 1.82) is 0 Å². The Morgan fingerprint density at radius 3 is 2.85 bits per heavy atom. The molecule has 0 atom stereocenters. The lowest BCUT2D eigenvalue weighted by atomic mass is 10.00. The number of aryl methyl sites for hydroxylation is 2.